The SMILES string of the molecule is COC(=O)c1ccc(COc2ccc(C3NC(=S)NC(C)=C3C(=O)N3CCOCC3)cc2)cc1. The van der Waals surface area contributed by atoms with Crippen molar-refractivity contribution in [3.8, 4) is 5.75 Å². The number of rotatable bonds is 6. The van der Waals surface area contributed by atoms with E-state index >= 15 is 0 Å². The van der Waals surface area contributed by atoms with Crippen molar-refractivity contribution in [2.75, 3.05) is 33.4 Å². The lowest BCUT2D eigenvalue weighted by atomic mass is 9.94. The molecule has 2 N–H and O–H groups in total. The summed E-state index contributed by atoms with van der Waals surface area (Å²) in [5.74, 6) is 0.299. The number of allylic oxidation sites excluding steroid dienone is 1. The molecule has 34 heavy (non-hydrogen) atoms. The van der Waals surface area contributed by atoms with E-state index in [4.69, 9.17) is 26.4 Å². The van der Waals surface area contributed by atoms with Crippen LogP contribution in [0.2, 0.25) is 0 Å². The molecule has 1 fully saturated rings. The van der Waals surface area contributed by atoms with Crippen molar-refractivity contribution >= 4 is 29.2 Å². The number of hydrogen-bond donors (Lipinski definition) is 2. The minimum absolute atomic E-state index is 0.0240. The van der Waals surface area contributed by atoms with Gasteiger partial charge in [0, 0.05) is 18.8 Å². The average molecular weight is 482 g/mol. The third kappa shape index (κ3) is 5.37. The third-order valence-electron chi connectivity index (χ3n) is 5.79. The van der Waals surface area contributed by atoms with E-state index in [0.717, 1.165) is 16.8 Å². The van der Waals surface area contributed by atoms with Crippen LogP contribution >= 0.6 is 12.2 Å². The van der Waals surface area contributed by atoms with Crippen LogP contribution in [0.5, 0.6) is 5.75 Å². The van der Waals surface area contributed by atoms with Gasteiger partial charge in [0.2, 0.25) is 0 Å². The number of nitrogens with one attached hydrogen (secondary N) is 2. The number of nitrogens with zero attached hydrogens (tertiary/aromatic N) is 1. The number of carbonyl (C=O) groups excluding carboxylic acids is 2. The Morgan fingerprint density at radius 3 is 2.41 bits per heavy atom. The van der Waals surface area contributed by atoms with Crippen LogP contribution in [0.3, 0.4) is 0 Å². The highest BCUT2D eigenvalue weighted by molar-refractivity contribution is 7.80. The van der Waals surface area contributed by atoms with Crippen molar-refractivity contribution < 1.29 is 23.8 Å². The van der Waals surface area contributed by atoms with Crippen LogP contribution in [0.25, 0.3) is 0 Å². The Balaban J connectivity index is 1.46. The van der Waals surface area contributed by atoms with E-state index in [-0.39, 0.29) is 17.9 Å². The van der Waals surface area contributed by atoms with E-state index in [1.54, 1.807) is 12.1 Å². The molecule has 0 saturated carbocycles. The standard InChI is InChI=1S/C25H27N3O5S/c1-16-21(23(29)28-11-13-32-14-12-28)22(27-25(34)26-16)18-7-9-20(10-8-18)33-15-17-3-5-19(6-4-17)24(30)31-2/h3-10,22H,11-15H2,1-2H3,(H2,26,27,34). The maximum absolute atomic E-state index is 13.3. The van der Waals surface area contributed by atoms with Crippen LogP contribution in [0.4, 0.5) is 0 Å². The minimum atomic E-state index is -0.371. The summed E-state index contributed by atoms with van der Waals surface area (Å²) in [6.45, 7) is 4.45. The van der Waals surface area contributed by atoms with Crippen molar-refractivity contribution in [2.24, 2.45) is 0 Å². The van der Waals surface area contributed by atoms with Gasteiger partial charge in [-0.15, -0.1) is 0 Å². The predicted molar refractivity (Wildman–Crippen MR) is 130 cm³/mol. The first kappa shape index (κ1) is 23.7. The summed E-state index contributed by atoms with van der Waals surface area (Å²) in [4.78, 5) is 26.7. The van der Waals surface area contributed by atoms with E-state index in [0.29, 0.717) is 54.9 Å². The smallest absolute Gasteiger partial charge is 0.337 e. The fourth-order valence-corrected chi connectivity index (χ4v) is 4.21. The monoisotopic (exact) mass is 481 g/mol. The van der Waals surface area contributed by atoms with Gasteiger partial charge >= 0.3 is 5.97 Å². The summed E-state index contributed by atoms with van der Waals surface area (Å²) in [6.07, 6.45) is 0. The van der Waals surface area contributed by atoms with E-state index < -0.39 is 0 Å². The first-order valence-corrected chi connectivity index (χ1v) is 11.4. The van der Waals surface area contributed by atoms with Gasteiger partial charge < -0.3 is 29.7 Å². The van der Waals surface area contributed by atoms with Gasteiger partial charge in [-0.05, 0) is 54.5 Å². The zero-order valence-electron chi connectivity index (χ0n) is 19.1. The van der Waals surface area contributed by atoms with Gasteiger partial charge in [0.05, 0.1) is 37.5 Å². The van der Waals surface area contributed by atoms with E-state index in [9.17, 15) is 9.59 Å². The second-order valence-corrected chi connectivity index (χ2v) is 8.43. The normalized spacial score (nSPS) is 18.1. The number of carbonyl (C=O) groups is 2. The fourth-order valence-electron chi connectivity index (χ4n) is 3.94. The van der Waals surface area contributed by atoms with Crippen molar-refractivity contribution in [1.29, 1.82) is 0 Å². The maximum Gasteiger partial charge on any atom is 0.337 e. The molecule has 2 aliphatic heterocycles. The molecule has 1 saturated heterocycles. The van der Waals surface area contributed by atoms with Gasteiger partial charge in [-0.2, -0.15) is 0 Å². The quantitative estimate of drug-likeness (QED) is 0.481. The molecule has 2 aliphatic rings. The van der Waals surface area contributed by atoms with Gasteiger partial charge in [-0.3, -0.25) is 4.79 Å². The number of morpholine rings is 1. The largest absolute Gasteiger partial charge is 0.489 e. The Kier molecular flexibility index (Phi) is 7.44. The molecule has 1 amide bonds. The molecular weight excluding hydrogens is 454 g/mol. The third-order valence-corrected chi connectivity index (χ3v) is 6.01. The van der Waals surface area contributed by atoms with Crippen molar-refractivity contribution in [2.45, 2.75) is 19.6 Å². The predicted octanol–water partition coefficient (Wildman–Crippen LogP) is 2.70. The first-order chi connectivity index (χ1) is 16.5. The van der Waals surface area contributed by atoms with Gasteiger partial charge in [-0.25, -0.2) is 4.79 Å². The minimum Gasteiger partial charge on any atom is -0.489 e. The van der Waals surface area contributed by atoms with Gasteiger partial charge in [0.1, 0.15) is 12.4 Å². The average Bonchev–Trinajstić information content (AvgIpc) is 2.87. The van der Waals surface area contributed by atoms with Crippen LogP contribution in [0, 0.1) is 0 Å². The van der Waals surface area contributed by atoms with Crippen LogP contribution in [-0.2, 0) is 20.9 Å². The molecule has 0 spiro atoms. The van der Waals surface area contributed by atoms with Crippen molar-refractivity contribution in [3.05, 3.63) is 76.5 Å². The summed E-state index contributed by atoms with van der Waals surface area (Å²) in [5.41, 5.74) is 3.73. The molecule has 1 unspecified atom stereocenters. The Labute approximate surface area is 203 Å². The van der Waals surface area contributed by atoms with E-state index in [2.05, 4.69) is 10.6 Å². The molecule has 2 aromatic carbocycles. The van der Waals surface area contributed by atoms with Crippen LogP contribution in [0.15, 0.2) is 59.8 Å². The number of esters is 1. The Morgan fingerprint density at radius 2 is 1.76 bits per heavy atom. The number of ether oxygens (including phenoxy) is 3. The number of hydrogen-bond acceptors (Lipinski definition) is 6. The molecule has 178 valence electrons. The van der Waals surface area contributed by atoms with Crippen LogP contribution < -0.4 is 15.4 Å². The summed E-state index contributed by atoms with van der Waals surface area (Å²) >= 11 is 5.36. The summed E-state index contributed by atoms with van der Waals surface area (Å²) in [6, 6.07) is 14.3. The van der Waals surface area contributed by atoms with E-state index in [1.807, 2.05) is 48.2 Å². The number of amides is 1. The zero-order chi connectivity index (χ0) is 24.1. The highest BCUT2D eigenvalue weighted by atomic mass is 32.1. The summed E-state index contributed by atoms with van der Waals surface area (Å²) in [7, 11) is 1.36. The lowest BCUT2D eigenvalue weighted by Gasteiger charge is -2.34. The second kappa shape index (κ2) is 10.7. The Hall–Kier alpha value is -3.43. The molecule has 2 heterocycles. The maximum atomic E-state index is 13.3. The van der Waals surface area contributed by atoms with Crippen molar-refractivity contribution in [1.82, 2.24) is 15.5 Å². The topological polar surface area (TPSA) is 89.1 Å². The first-order valence-electron chi connectivity index (χ1n) is 11.0. The number of methoxy groups -OCH3 is 1. The Morgan fingerprint density at radius 1 is 1.09 bits per heavy atom. The van der Waals surface area contributed by atoms with Crippen LogP contribution in [0.1, 0.15) is 34.5 Å². The highest BCUT2D eigenvalue weighted by Crippen LogP contribution is 2.30. The molecular formula is C25H27N3O5S. The molecule has 9 heteroatoms. The van der Waals surface area contributed by atoms with Gasteiger partial charge in [0.15, 0.2) is 5.11 Å². The van der Waals surface area contributed by atoms with E-state index in [1.165, 1.54) is 7.11 Å². The molecule has 1 atom stereocenters. The molecule has 8 nitrogen and oxygen atoms in total. The molecule has 4 rings (SSSR count). The lowest BCUT2D eigenvalue weighted by Crippen LogP contribution is -2.49. The van der Waals surface area contributed by atoms with Gasteiger partial charge in [0.25, 0.3) is 5.91 Å². The number of benzene rings is 2. The zero-order valence-corrected chi connectivity index (χ0v) is 19.9. The Bertz CT molecular complexity index is 1090. The lowest BCUT2D eigenvalue weighted by molar-refractivity contribution is -0.131. The fraction of sp³-hybridized carbons (Fsp3) is 0.320. The molecule has 0 aromatic heterocycles. The summed E-state index contributed by atoms with van der Waals surface area (Å²) in [5, 5.41) is 6.80. The molecule has 0 bridgehead atoms. The second-order valence-electron chi connectivity index (χ2n) is 8.02. The van der Waals surface area contributed by atoms with Crippen LogP contribution in [-0.4, -0.2) is 55.3 Å². The summed E-state index contributed by atoms with van der Waals surface area (Å²) < 4.78 is 16.0. The number of thiocarbonyl (C=S) groups is 1. The van der Waals surface area contributed by atoms with Crippen molar-refractivity contribution in [3.63, 3.8) is 0 Å². The molecule has 2 aromatic rings. The van der Waals surface area contributed by atoms with Gasteiger partial charge in [-0.1, -0.05) is 24.3 Å². The molecule has 0 aliphatic carbocycles. The highest BCUT2D eigenvalue weighted by Gasteiger charge is 2.33. The molecule has 0 radical (unpaired) electrons.